The second-order valence-corrected chi connectivity index (χ2v) is 8.01. The van der Waals surface area contributed by atoms with Crippen molar-refractivity contribution in [1.82, 2.24) is 16.0 Å². The van der Waals surface area contributed by atoms with E-state index >= 15 is 0 Å². The zero-order valence-electron chi connectivity index (χ0n) is 19.3. The van der Waals surface area contributed by atoms with Crippen LogP contribution in [0.25, 0.3) is 0 Å². The van der Waals surface area contributed by atoms with Crippen LogP contribution in [0.1, 0.15) is 25.3 Å². The lowest BCUT2D eigenvalue weighted by Gasteiger charge is -2.26. The number of benzene rings is 1. The van der Waals surface area contributed by atoms with Gasteiger partial charge < -0.3 is 48.5 Å². The van der Waals surface area contributed by atoms with E-state index in [0.717, 1.165) is 6.92 Å². The van der Waals surface area contributed by atoms with E-state index in [1.165, 1.54) is 24.3 Å². The fraction of sp³-hybridized carbons (Fsp3) is 0.429. The summed E-state index contributed by atoms with van der Waals surface area (Å²) in [6.07, 6.45) is -2.97. The van der Waals surface area contributed by atoms with E-state index in [9.17, 15) is 44.1 Å². The number of primary amides is 2. The van der Waals surface area contributed by atoms with Gasteiger partial charge in [-0.25, -0.2) is 4.79 Å². The van der Waals surface area contributed by atoms with Gasteiger partial charge in [-0.2, -0.15) is 0 Å². The van der Waals surface area contributed by atoms with E-state index in [1.54, 1.807) is 0 Å². The first-order valence-electron chi connectivity index (χ1n) is 10.6. The molecule has 0 saturated heterocycles. The predicted octanol–water partition coefficient (Wildman–Crippen LogP) is -4.07. The fourth-order valence-electron chi connectivity index (χ4n) is 2.99. The zero-order valence-corrected chi connectivity index (χ0v) is 19.3. The third-order valence-corrected chi connectivity index (χ3v) is 4.85. The third-order valence-electron chi connectivity index (χ3n) is 4.85. The molecule has 1 rings (SSSR count). The highest BCUT2D eigenvalue weighted by Gasteiger charge is 2.33. The molecule has 1 aromatic carbocycles. The Hall–Kier alpha value is -4.24. The number of carboxylic acid groups (broad SMARTS) is 1. The van der Waals surface area contributed by atoms with Crippen molar-refractivity contribution in [1.29, 1.82) is 0 Å². The maximum Gasteiger partial charge on any atom is 0.326 e. The summed E-state index contributed by atoms with van der Waals surface area (Å²) in [7, 11) is 0. The van der Waals surface area contributed by atoms with Gasteiger partial charge in [0.15, 0.2) is 0 Å². The first-order valence-corrected chi connectivity index (χ1v) is 10.6. The van der Waals surface area contributed by atoms with Crippen LogP contribution in [0.5, 0.6) is 5.75 Å². The number of amides is 5. The Kier molecular flexibility index (Phi) is 11.3. The SMILES string of the molecule is CC(O)C(NC(=O)C(CC(N)=O)NC(=O)C(N)CC(N)=O)C(=O)NC(Cc1ccc(O)cc1)C(=O)O. The summed E-state index contributed by atoms with van der Waals surface area (Å²) in [5.74, 6) is -6.53. The molecule has 0 fully saturated rings. The number of nitrogens with two attached hydrogens (primary N) is 3. The number of phenolic OH excluding ortho intramolecular Hbond substituents is 1. The van der Waals surface area contributed by atoms with Crippen LogP contribution in [0, 0.1) is 0 Å². The quantitative estimate of drug-likeness (QED) is 0.117. The summed E-state index contributed by atoms with van der Waals surface area (Å²) in [6, 6.07) is -0.655. The molecule has 0 aromatic heterocycles. The summed E-state index contributed by atoms with van der Waals surface area (Å²) in [4.78, 5) is 71.6. The molecule has 5 atom stereocenters. The number of phenols is 1. The summed E-state index contributed by atoms with van der Waals surface area (Å²) in [5, 5.41) is 35.3. The maximum atomic E-state index is 12.7. The number of aliphatic hydroxyl groups is 1. The van der Waals surface area contributed by atoms with E-state index in [0.29, 0.717) is 5.56 Å². The molecule has 0 heterocycles. The Morgan fingerprint density at radius 1 is 0.833 bits per heavy atom. The smallest absolute Gasteiger partial charge is 0.326 e. The number of carbonyl (C=O) groups excluding carboxylic acids is 5. The van der Waals surface area contributed by atoms with Crippen LogP contribution in [-0.2, 0) is 35.2 Å². The van der Waals surface area contributed by atoms with Gasteiger partial charge in [0.2, 0.25) is 29.5 Å². The Morgan fingerprint density at radius 3 is 1.83 bits per heavy atom. The highest BCUT2D eigenvalue weighted by atomic mass is 16.4. The van der Waals surface area contributed by atoms with Gasteiger partial charge in [0, 0.05) is 6.42 Å². The van der Waals surface area contributed by atoms with Crippen molar-refractivity contribution in [3.8, 4) is 5.75 Å². The summed E-state index contributed by atoms with van der Waals surface area (Å²) in [6.45, 7) is 1.14. The van der Waals surface area contributed by atoms with Crippen LogP contribution in [0.4, 0.5) is 0 Å². The number of hydrogen-bond acceptors (Lipinski definition) is 9. The van der Waals surface area contributed by atoms with Gasteiger partial charge in [-0.05, 0) is 24.6 Å². The van der Waals surface area contributed by atoms with E-state index in [2.05, 4.69) is 16.0 Å². The summed E-state index contributed by atoms with van der Waals surface area (Å²) < 4.78 is 0. The molecule has 0 bridgehead atoms. The summed E-state index contributed by atoms with van der Waals surface area (Å²) in [5.41, 5.74) is 16.1. The molecule has 0 spiro atoms. The Balaban J connectivity index is 2.98. The van der Waals surface area contributed by atoms with E-state index in [4.69, 9.17) is 17.2 Å². The lowest BCUT2D eigenvalue weighted by molar-refractivity contribution is -0.143. The number of aliphatic hydroxyl groups excluding tert-OH is 1. The van der Waals surface area contributed by atoms with Gasteiger partial charge in [-0.15, -0.1) is 0 Å². The zero-order chi connectivity index (χ0) is 27.6. The third kappa shape index (κ3) is 9.94. The van der Waals surface area contributed by atoms with Crippen LogP contribution in [0.15, 0.2) is 24.3 Å². The minimum atomic E-state index is -1.69. The minimum absolute atomic E-state index is 0.0419. The number of hydrogen-bond donors (Lipinski definition) is 9. The van der Waals surface area contributed by atoms with Gasteiger partial charge in [-0.1, -0.05) is 12.1 Å². The van der Waals surface area contributed by atoms with Gasteiger partial charge in [0.25, 0.3) is 0 Å². The molecule has 0 aliphatic heterocycles. The molecule has 0 aliphatic carbocycles. The molecule has 0 aliphatic rings. The van der Waals surface area contributed by atoms with Gasteiger partial charge in [-0.3, -0.25) is 24.0 Å². The fourth-order valence-corrected chi connectivity index (χ4v) is 2.99. The second kappa shape index (κ2) is 13.6. The molecular weight excluding hydrogens is 480 g/mol. The minimum Gasteiger partial charge on any atom is -0.508 e. The number of rotatable bonds is 14. The first kappa shape index (κ1) is 29.8. The molecule has 5 amide bonds. The average Bonchev–Trinajstić information content (AvgIpc) is 2.76. The van der Waals surface area contributed by atoms with E-state index in [-0.39, 0.29) is 12.2 Å². The molecule has 0 radical (unpaired) electrons. The first-order chi connectivity index (χ1) is 16.7. The molecular formula is C21H30N6O9. The molecule has 12 N–H and O–H groups in total. The van der Waals surface area contributed by atoms with Crippen LogP contribution < -0.4 is 33.2 Å². The van der Waals surface area contributed by atoms with E-state index in [1.807, 2.05) is 0 Å². The van der Waals surface area contributed by atoms with Crippen molar-refractivity contribution in [2.24, 2.45) is 17.2 Å². The Labute approximate surface area is 205 Å². The van der Waals surface area contributed by atoms with Crippen LogP contribution in [0.3, 0.4) is 0 Å². The normalized spacial score (nSPS) is 14.9. The number of carbonyl (C=O) groups is 6. The lowest BCUT2D eigenvalue weighted by atomic mass is 10.0. The van der Waals surface area contributed by atoms with Crippen LogP contribution in [0.2, 0.25) is 0 Å². The average molecular weight is 511 g/mol. The standard InChI is InChI=1S/C21H30N6O9/c1-9(28)17(20(34)26-14(21(35)36)6-10-2-4-11(29)5-3-10)27-19(33)13(8-16(24)31)25-18(32)12(22)7-15(23)30/h2-5,9,12-14,17,28-29H,6-8,22H2,1H3,(H2,23,30)(H2,24,31)(H,25,32)(H,26,34)(H,27,33)(H,35,36). The number of aromatic hydroxyl groups is 1. The highest BCUT2D eigenvalue weighted by Crippen LogP contribution is 2.12. The van der Waals surface area contributed by atoms with Crippen molar-refractivity contribution in [2.45, 2.75) is 56.5 Å². The number of nitrogens with one attached hydrogen (secondary N) is 3. The van der Waals surface area contributed by atoms with Crippen molar-refractivity contribution in [3.63, 3.8) is 0 Å². The van der Waals surface area contributed by atoms with Gasteiger partial charge >= 0.3 is 5.97 Å². The monoisotopic (exact) mass is 510 g/mol. The lowest BCUT2D eigenvalue weighted by Crippen LogP contribution is -2.60. The van der Waals surface area contributed by atoms with Crippen molar-refractivity contribution >= 4 is 35.5 Å². The highest BCUT2D eigenvalue weighted by molar-refractivity contribution is 5.97. The molecule has 0 saturated carbocycles. The van der Waals surface area contributed by atoms with Crippen molar-refractivity contribution in [2.75, 3.05) is 0 Å². The van der Waals surface area contributed by atoms with Crippen molar-refractivity contribution in [3.05, 3.63) is 29.8 Å². The summed E-state index contributed by atoms with van der Waals surface area (Å²) >= 11 is 0. The molecule has 36 heavy (non-hydrogen) atoms. The van der Waals surface area contributed by atoms with Gasteiger partial charge in [0.1, 0.15) is 23.9 Å². The molecule has 5 unspecified atom stereocenters. The number of aliphatic carboxylic acids is 1. The van der Waals surface area contributed by atoms with Crippen molar-refractivity contribution < 1.29 is 44.1 Å². The molecule has 198 valence electrons. The Morgan fingerprint density at radius 2 is 1.36 bits per heavy atom. The maximum absolute atomic E-state index is 12.7. The largest absolute Gasteiger partial charge is 0.508 e. The molecule has 15 heteroatoms. The number of carboxylic acids is 1. The molecule has 1 aromatic rings. The van der Waals surface area contributed by atoms with Crippen LogP contribution >= 0.6 is 0 Å². The van der Waals surface area contributed by atoms with Crippen LogP contribution in [-0.4, -0.2) is 81.1 Å². The van der Waals surface area contributed by atoms with E-state index < -0.39 is 78.6 Å². The topological polar surface area (TPSA) is 277 Å². The molecule has 15 nitrogen and oxygen atoms in total. The Bertz CT molecular complexity index is 983. The second-order valence-electron chi connectivity index (χ2n) is 8.01. The van der Waals surface area contributed by atoms with Gasteiger partial charge in [0.05, 0.1) is 25.0 Å². The predicted molar refractivity (Wildman–Crippen MR) is 123 cm³/mol.